The molecule has 0 aliphatic heterocycles. The van der Waals surface area contributed by atoms with E-state index in [1.165, 1.54) is 18.8 Å². The lowest BCUT2D eigenvalue weighted by Gasteiger charge is -2.29. The first kappa shape index (κ1) is 20.5. The summed E-state index contributed by atoms with van der Waals surface area (Å²) in [5.74, 6) is -0.721. The van der Waals surface area contributed by atoms with Crippen molar-refractivity contribution in [3.63, 3.8) is 0 Å². The van der Waals surface area contributed by atoms with Crippen LogP contribution in [0.5, 0.6) is 0 Å². The molecule has 150 valence electrons. The minimum absolute atomic E-state index is 0.0889. The fraction of sp³-hybridized carbons (Fsp3) is 0.391. The van der Waals surface area contributed by atoms with Crippen LogP contribution >= 0.6 is 0 Å². The Morgan fingerprint density at radius 2 is 2.14 bits per heavy atom. The van der Waals surface area contributed by atoms with Gasteiger partial charge >= 0.3 is 0 Å². The van der Waals surface area contributed by atoms with Crippen molar-refractivity contribution in [2.24, 2.45) is 5.41 Å². The van der Waals surface area contributed by atoms with Crippen LogP contribution < -0.4 is 10.6 Å². The number of carbonyl (C=O) groups is 2. The van der Waals surface area contributed by atoms with Crippen molar-refractivity contribution in [2.75, 3.05) is 7.05 Å². The minimum Gasteiger partial charge on any atom is -0.359 e. The van der Waals surface area contributed by atoms with Crippen molar-refractivity contribution in [3.05, 3.63) is 47.7 Å². The van der Waals surface area contributed by atoms with E-state index in [2.05, 4.69) is 41.6 Å². The lowest BCUT2D eigenvalue weighted by molar-refractivity contribution is -0.120. The maximum absolute atomic E-state index is 12.5. The van der Waals surface area contributed by atoms with Gasteiger partial charge in [-0.3, -0.25) is 14.6 Å². The van der Waals surface area contributed by atoms with Gasteiger partial charge in [-0.05, 0) is 36.3 Å². The Morgan fingerprint density at radius 1 is 1.34 bits per heavy atom. The van der Waals surface area contributed by atoms with Gasteiger partial charge < -0.3 is 10.6 Å². The van der Waals surface area contributed by atoms with E-state index >= 15 is 0 Å². The van der Waals surface area contributed by atoms with Crippen molar-refractivity contribution in [1.29, 1.82) is 5.26 Å². The van der Waals surface area contributed by atoms with Gasteiger partial charge in [0.1, 0.15) is 6.04 Å². The zero-order chi connectivity index (χ0) is 21.0. The Labute approximate surface area is 171 Å². The number of aromatic nitrogens is 1. The van der Waals surface area contributed by atoms with Gasteiger partial charge in [0.2, 0.25) is 5.91 Å². The molecule has 1 aromatic heterocycles. The summed E-state index contributed by atoms with van der Waals surface area (Å²) in [5.41, 5.74) is 3.98. The maximum Gasteiger partial charge on any atom is 0.253 e. The first-order valence-corrected chi connectivity index (χ1v) is 9.82. The second-order valence-electron chi connectivity index (χ2n) is 8.23. The molecule has 0 saturated heterocycles. The second-order valence-corrected chi connectivity index (χ2v) is 8.23. The number of fused-ring (bicyclic) bond motifs is 1. The van der Waals surface area contributed by atoms with Gasteiger partial charge in [-0.25, -0.2) is 0 Å². The Balaban J connectivity index is 1.84. The third-order valence-corrected chi connectivity index (χ3v) is 5.42. The Hall–Kier alpha value is -3.20. The summed E-state index contributed by atoms with van der Waals surface area (Å²) >= 11 is 0. The molecule has 6 nitrogen and oxygen atoms in total. The number of hydrogen-bond donors (Lipinski definition) is 2. The molecule has 0 radical (unpaired) electrons. The number of hydrogen-bond acceptors (Lipinski definition) is 4. The lowest BCUT2D eigenvalue weighted by Crippen LogP contribution is -2.37. The molecule has 6 heteroatoms. The van der Waals surface area contributed by atoms with E-state index in [4.69, 9.17) is 0 Å². The van der Waals surface area contributed by atoms with E-state index < -0.39 is 11.9 Å². The number of allylic oxidation sites excluding steroid dienone is 2. The lowest BCUT2D eigenvalue weighted by atomic mass is 9.77. The highest BCUT2D eigenvalue weighted by Crippen LogP contribution is 2.39. The molecule has 2 N–H and O–H groups in total. The number of benzene rings is 1. The van der Waals surface area contributed by atoms with Crippen molar-refractivity contribution < 1.29 is 9.59 Å². The Kier molecular flexibility index (Phi) is 5.97. The summed E-state index contributed by atoms with van der Waals surface area (Å²) in [6.07, 6.45) is 6.93. The third kappa shape index (κ3) is 4.80. The molecule has 3 rings (SSSR count). The average Bonchev–Trinajstić information content (AvgIpc) is 2.72. The first-order chi connectivity index (χ1) is 13.8. The number of rotatable bonds is 5. The minimum atomic E-state index is -0.889. The topological polar surface area (TPSA) is 94.9 Å². The summed E-state index contributed by atoms with van der Waals surface area (Å²) in [6, 6.07) is 8.82. The van der Waals surface area contributed by atoms with Gasteiger partial charge in [-0.15, -0.1) is 0 Å². The number of nitrogens with zero attached hydrogens (tertiary/aromatic N) is 2. The molecule has 2 amide bonds. The van der Waals surface area contributed by atoms with Crippen LogP contribution in [0, 0.1) is 16.7 Å². The Morgan fingerprint density at radius 3 is 2.79 bits per heavy atom. The number of nitrogens with one attached hydrogen (secondary N) is 2. The molecule has 1 aliphatic rings. The van der Waals surface area contributed by atoms with Crippen LogP contribution in [0.1, 0.15) is 55.5 Å². The number of pyridine rings is 1. The molecule has 1 aliphatic carbocycles. The molecule has 0 bridgehead atoms. The molecule has 1 heterocycles. The van der Waals surface area contributed by atoms with E-state index in [1.54, 1.807) is 6.07 Å². The van der Waals surface area contributed by atoms with Gasteiger partial charge in [-0.1, -0.05) is 38.1 Å². The van der Waals surface area contributed by atoms with Gasteiger partial charge in [0.05, 0.1) is 23.6 Å². The summed E-state index contributed by atoms with van der Waals surface area (Å²) in [7, 11) is 1.49. The number of amides is 2. The zero-order valence-corrected chi connectivity index (χ0v) is 17.1. The SMILES string of the molecule is CNC(=O)C[C@H](C#N)NC(=O)c1cnc2c(C3=CCC(C)(C)CC3)cccc2c1. The highest BCUT2D eigenvalue weighted by molar-refractivity contribution is 5.99. The molecule has 0 spiro atoms. The number of nitriles is 1. The second kappa shape index (κ2) is 8.44. The van der Waals surface area contributed by atoms with Crippen LogP contribution in [0.2, 0.25) is 0 Å². The van der Waals surface area contributed by atoms with Crippen LogP contribution in [-0.2, 0) is 4.79 Å². The van der Waals surface area contributed by atoms with E-state index in [9.17, 15) is 14.9 Å². The molecule has 0 saturated carbocycles. The van der Waals surface area contributed by atoms with Crippen molar-refractivity contribution in [3.8, 4) is 6.07 Å². The summed E-state index contributed by atoms with van der Waals surface area (Å²) < 4.78 is 0. The highest BCUT2D eigenvalue weighted by Gasteiger charge is 2.23. The average molecular weight is 390 g/mol. The highest BCUT2D eigenvalue weighted by atomic mass is 16.2. The van der Waals surface area contributed by atoms with Crippen molar-refractivity contribution >= 4 is 28.3 Å². The van der Waals surface area contributed by atoms with Gasteiger partial charge in [0.15, 0.2) is 0 Å². The van der Waals surface area contributed by atoms with Crippen LogP contribution in [0.15, 0.2) is 36.5 Å². The predicted molar refractivity (Wildman–Crippen MR) is 113 cm³/mol. The predicted octanol–water partition coefficient (Wildman–Crippen LogP) is 3.59. The molecular weight excluding hydrogens is 364 g/mol. The normalized spacial score (nSPS) is 16.4. The monoisotopic (exact) mass is 390 g/mol. The molecule has 1 aromatic carbocycles. The molecule has 29 heavy (non-hydrogen) atoms. The van der Waals surface area contributed by atoms with Gasteiger partial charge in [-0.2, -0.15) is 5.26 Å². The molecule has 0 unspecified atom stereocenters. The molecular formula is C23H26N4O2. The number of para-hydroxylation sites is 1. The van der Waals surface area contributed by atoms with Crippen LogP contribution in [0.25, 0.3) is 16.5 Å². The van der Waals surface area contributed by atoms with Crippen LogP contribution in [-0.4, -0.2) is 29.9 Å². The molecule has 0 fully saturated rings. The quantitative estimate of drug-likeness (QED) is 0.816. The van der Waals surface area contributed by atoms with E-state index in [1.807, 2.05) is 18.2 Å². The van der Waals surface area contributed by atoms with E-state index in [0.717, 1.165) is 35.7 Å². The third-order valence-electron chi connectivity index (χ3n) is 5.42. The largest absolute Gasteiger partial charge is 0.359 e. The smallest absolute Gasteiger partial charge is 0.253 e. The molecule has 2 aromatic rings. The molecule has 1 atom stereocenters. The van der Waals surface area contributed by atoms with Gasteiger partial charge in [0, 0.05) is 24.2 Å². The van der Waals surface area contributed by atoms with Crippen LogP contribution in [0.3, 0.4) is 0 Å². The fourth-order valence-corrected chi connectivity index (χ4v) is 3.52. The van der Waals surface area contributed by atoms with Crippen LogP contribution in [0.4, 0.5) is 0 Å². The zero-order valence-electron chi connectivity index (χ0n) is 17.1. The summed E-state index contributed by atoms with van der Waals surface area (Å²) in [4.78, 5) is 28.6. The van der Waals surface area contributed by atoms with Crippen molar-refractivity contribution in [1.82, 2.24) is 15.6 Å². The first-order valence-electron chi connectivity index (χ1n) is 9.82. The standard InChI is InChI=1S/C23H26N4O2/c1-23(2)9-7-15(8-10-23)19-6-4-5-16-11-17(14-26-21(16)19)22(29)27-18(13-24)12-20(28)25-3/h4-7,11,14,18H,8-10,12H2,1-3H3,(H,25,28)(H,27,29)/t18-/m1/s1. The summed E-state index contributed by atoms with van der Waals surface area (Å²) in [6.45, 7) is 4.57. The fourth-order valence-electron chi connectivity index (χ4n) is 3.52. The van der Waals surface area contributed by atoms with Crippen molar-refractivity contribution in [2.45, 2.75) is 45.6 Å². The number of carbonyl (C=O) groups excluding carboxylic acids is 2. The Bertz CT molecular complexity index is 1020. The van der Waals surface area contributed by atoms with E-state index in [-0.39, 0.29) is 12.3 Å². The maximum atomic E-state index is 12.5. The van der Waals surface area contributed by atoms with E-state index in [0.29, 0.717) is 11.0 Å². The van der Waals surface area contributed by atoms with Gasteiger partial charge in [0.25, 0.3) is 5.91 Å². The summed E-state index contributed by atoms with van der Waals surface area (Å²) in [5, 5.41) is 15.1.